The number of ether oxygens (including phenoxy) is 1. The zero-order valence-corrected chi connectivity index (χ0v) is 10.5. The Labute approximate surface area is 101 Å². The monoisotopic (exact) mass is 235 g/mol. The summed E-state index contributed by atoms with van der Waals surface area (Å²) in [6.45, 7) is 7.22. The van der Waals surface area contributed by atoms with Gasteiger partial charge in [-0.1, -0.05) is 11.6 Å². The molecule has 92 valence electrons. The lowest BCUT2D eigenvalue weighted by Gasteiger charge is -2.20. The third-order valence-electron chi connectivity index (χ3n) is 1.97. The first-order chi connectivity index (χ1) is 7.81. The van der Waals surface area contributed by atoms with Crippen LogP contribution in [0.15, 0.2) is 18.2 Å². The largest absolute Gasteiger partial charge is 0.444 e. The smallest absolute Gasteiger partial charge is 0.412 e. The first-order valence-electron chi connectivity index (χ1n) is 5.37. The molecule has 1 rings (SSSR count). The molecule has 0 heterocycles. The van der Waals surface area contributed by atoms with E-state index in [1.54, 1.807) is 32.9 Å². The van der Waals surface area contributed by atoms with Gasteiger partial charge in [-0.3, -0.25) is 10.1 Å². The molecule has 0 radical (unpaired) electrons. The van der Waals surface area contributed by atoms with E-state index < -0.39 is 11.7 Å². The molecule has 0 aromatic heterocycles. The van der Waals surface area contributed by atoms with Gasteiger partial charge in [-0.15, -0.1) is 0 Å². The molecule has 1 N–H and O–H groups in total. The van der Waals surface area contributed by atoms with Crippen molar-refractivity contribution in [2.45, 2.75) is 33.3 Å². The number of carbonyl (C=O) groups is 2. The molecule has 0 aliphatic carbocycles. The molecule has 0 saturated carbocycles. The summed E-state index contributed by atoms with van der Waals surface area (Å²) in [6, 6.07) is 5.21. The van der Waals surface area contributed by atoms with Crippen LogP contribution in [0.1, 0.15) is 36.7 Å². The van der Waals surface area contributed by atoms with Crippen molar-refractivity contribution in [2.75, 3.05) is 5.32 Å². The van der Waals surface area contributed by atoms with E-state index in [4.69, 9.17) is 4.74 Å². The van der Waals surface area contributed by atoms with Gasteiger partial charge in [0.05, 0.1) is 5.69 Å². The molecule has 17 heavy (non-hydrogen) atoms. The van der Waals surface area contributed by atoms with Crippen molar-refractivity contribution < 1.29 is 14.3 Å². The van der Waals surface area contributed by atoms with E-state index in [2.05, 4.69) is 5.32 Å². The fourth-order valence-corrected chi connectivity index (χ4v) is 1.31. The molecular weight excluding hydrogens is 218 g/mol. The van der Waals surface area contributed by atoms with Crippen molar-refractivity contribution in [1.82, 2.24) is 0 Å². The summed E-state index contributed by atoms with van der Waals surface area (Å²) in [5, 5.41) is 2.55. The average molecular weight is 235 g/mol. The summed E-state index contributed by atoms with van der Waals surface area (Å²) in [5.74, 6) is 0. The first kappa shape index (κ1) is 13.2. The summed E-state index contributed by atoms with van der Waals surface area (Å²) in [4.78, 5) is 22.4. The molecule has 0 aliphatic heterocycles. The van der Waals surface area contributed by atoms with Crippen LogP contribution in [0.25, 0.3) is 0 Å². The number of carbonyl (C=O) groups excluding carboxylic acids is 2. The van der Waals surface area contributed by atoms with E-state index in [0.29, 0.717) is 17.5 Å². The Morgan fingerprint density at radius 2 is 2.00 bits per heavy atom. The van der Waals surface area contributed by atoms with Crippen molar-refractivity contribution >= 4 is 18.1 Å². The van der Waals surface area contributed by atoms with Crippen LogP contribution in [-0.2, 0) is 4.74 Å². The van der Waals surface area contributed by atoms with E-state index >= 15 is 0 Å². The van der Waals surface area contributed by atoms with Gasteiger partial charge in [0.25, 0.3) is 0 Å². The summed E-state index contributed by atoms with van der Waals surface area (Å²) in [7, 11) is 0. The molecule has 4 heteroatoms. The molecule has 1 aromatic rings. The van der Waals surface area contributed by atoms with E-state index in [-0.39, 0.29) is 0 Å². The van der Waals surface area contributed by atoms with Gasteiger partial charge >= 0.3 is 6.09 Å². The second-order valence-corrected chi connectivity index (χ2v) is 4.84. The first-order valence-corrected chi connectivity index (χ1v) is 5.37. The highest BCUT2D eigenvalue weighted by Gasteiger charge is 2.17. The average Bonchev–Trinajstić information content (AvgIpc) is 2.17. The minimum Gasteiger partial charge on any atom is -0.444 e. The molecule has 4 nitrogen and oxygen atoms in total. The van der Waals surface area contributed by atoms with Crippen LogP contribution < -0.4 is 5.32 Å². The summed E-state index contributed by atoms with van der Waals surface area (Å²) in [6.07, 6.45) is 0.143. The Balaban J connectivity index is 2.81. The number of anilines is 1. The third kappa shape index (κ3) is 4.26. The molecule has 1 amide bonds. The molecule has 0 unspecified atom stereocenters. The van der Waals surface area contributed by atoms with Crippen molar-refractivity contribution in [3.63, 3.8) is 0 Å². The second kappa shape index (κ2) is 4.99. The molecule has 0 aliphatic rings. The van der Waals surface area contributed by atoms with E-state index in [0.717, 1.165) is 5.56 Å². The highest BCUT2D eigenvalue weighted by atomic mass is 16.6. The van der Waals surface area contributed by atoms with E-state index in [1.165, 1.54) is 0 Å². The minimum atomic E-state index is -0.565. The highest BCUT2D eigenvalue weighted by Crippen LogP contribution is 2.17. The molecule has 0 saturated heterocycles. The Morgan fingerprint density at radius 3 is 2.53 bits per heavy atom. The van der Waals surface area contributed by atoms with Crippen LogP contribution in [0.2, 0.25) is 0 Å². The normalized spacial score (nSPS) is 10.8. The predicted octanol–water partition coefficient (Wildman–Crippen LogP) is 3.15. The van der Waals surface area contributed by atoms with Crippen molar-refractivity contribution in [2.24, 2.45) is 0 Å². The lowest BCUT2D eigenvalue weighted by atomic mass is 10.1. The molecular formula is C13H17NO3. The van der Waals surface area contributed by atoms with E-state index in [9.17, 15) is 9.59 Å². The Bertz CT molecular complexity index is 433. The SMILES string of the molecule is Cc1ccc(NC(=O)OC(C)(C)C)c(C=O)c1. The Kier molecular flexibility index (Phi) is 3.89. The molecule has 0 fully saturated rings. The van der Waals surface area contributed by atoms with Crippen LogP contribution in [0.5, 0.6) is 0 Å². The maximum atomic E-state index is 11.5. The van der Waals surface area contributed by atoms with E-state index in [1.807, 2.05) is 13.0 Å². The standard InChI is InChI=1S/C13H17NO3/c1-9-5-6-11(10(7-9)8-15)14-12(16)17-13(2,3)4/h5-8H,1-4H3,(H,14,16). The fraction of sp³-hybridized carbons (Fsp3) is 0.385. The van der Waals surface area contributed by atoms with Crippen LogP contribution >= 0.6 is 0 Å². The number of amides is 1. The third-order valence-corrected chi connectivity index (χ3v) is 1.97. The van der Waals surface area contributed by atoms with Gasteiger partial charge in [-0.05, 0) is 39.8 Å². The van der Waals surface area contributed by atoms with Crippen LogP contribution in [0, 0.1) is 6.92 Å². The van der Waals surface area contributed by atoms with Gasteiger partial charge < -0.3 is 4.74 Å². The number of hydrogen-bond donors (Lipinski definition) is 1. The lowest BCUT2D eigenvalue weighted by molar-refractivity contribution is 0.0636. The molecule has 0 spiro atoms. The number of nitrogens with one attached hydrogen (secondary N) is 1. The predicted molar refractivity (Wildman–Crippen MR) is 66.4 cm³/mol. The lowest BCUT2D eigenvalue weighted by Crippen LogP contribution is -2.27. The number of benzene rings is 1. The molecule has 1 aromatic carbocycles. The van der Waals surface area contributed by atoms with Crippen molar-refractivity contribution in [3.05, 3.63) is 29.3 Å². The number of rotatable bonds is 2. The van der Waals surface area contributed by atoms with Gasteiger partial charge in [0.2, 0.25) is 0 Å². The summed E-state index contributed by atoms with van der Waals surface area (Å²) < 4.78 is 5.11. The van der Waals surface area contributed by atoms with Gasteiger partial charge in [0, 0.05) is 5.56 Å². The van der Waals surface area contributed by atoms with Gasteiger partial charge in [-0.2, -0.15) is 0 Å². The summed E-state index contributed by atoms with van der Waals surface area (Å²) >= 11 is 0. The highest BCUT2D eigenvalue weighted by molar-refractivity contribution is 5.93. The maximum absolute atomic E-state index is 11.5. The van der Waals surface area contributed by atoms with Gasteiger partial charge in [-0.25, -0.2) is 4.79 Å². The summed E-state index contributed by atoms with van der Waals surface area (Å²) in [5.41, 5.74) is 1.30. The fourth-order valence-electron chi connectivity index (χ4n) is 1.31. The van der Waals surface area contributed by atoms with Gasteiger partial charge in [0.1, 0.15) is 5.60 Å². The zero-order chi connectivity index (χ0) is 13.1. The maximum Gasteiger partial charge on any atom is 0.412 e. The van der Waals surface area contributed by atoms with Crippen LogP contribution in [0.4, 0.5) is 10.5 Å². The zero-order valence-electron chi connectivity index (χ0n) is 10.5. The number of aryl methyl sites for hydroxylation is 1. The van der Waals surface area contributed by atoms with Crippen molar-refractivity contribution in [1.29, 1.82) is 0 Å². The van der Waals surface area contributed by atoms with Crippen LogP contribution in [0.3, 0.4) is 0 Å². The quantitative estimate of drug-likeness (QED) is 0.801. The second-order valence-electron chi connectivity index (χ2n) is 4.84. The number of hydrogen-bond acceptors (Lipinski definition) is 3. The number of aldehydes is 1. The van der Waals surface area contributed by atoms with Gasteiger partial charge in [0.15, 0.2) is 6.29 Å². The van der Waals surface area contributed by atoms with Crippen LogP contribution in [-0.4, -0.2) is 18.0 Å². The Hall–Kier alpha value is -1.84. The molecule has 0 atom stereocenters. The van der Waals surface area contributed by atoms with Crippen molar-refractivity contribution in [3.8, 4) is 0 Å². The molecule has 0 bridgehead atoms. The minimum absolute atomic E-state index is 0.441. The topological polar surface area (TPSA) is 55.4 Å². The Morgan fingerprint density at radius 1 is 1.35 bits per heavy atom.